The average Bonchev–Trinajstić information content (AvgIpc) is 3.20. The number of para-hydroxylation sites is 1. The molecule has 0 aliphatic carbocycles. The molecular weight excluding hydrogens is 350 g/mol. The third kappa shape index (κ3) is 3.92. The number of anilines is 2. The Balaban J connectivity index is 1.45. The van der Waals surface area contributed by atoms with Gasteiger partial charge in [-0.05, 0) is 49.9 Å². The summed E-state index contributed by atoms with van der Waals surface area (Å²) in [6.45, 7) is 6.30. The first-order valence-electron chi connectivity index (χ1n) is 9.56. The van der Waals surface area contributed by atoms with Crippen molar-refractivity contribution in [2.75, 3.05) is 43.4 Å². The normalized spacial score (nSPS) is 14.9. The number of nitrogens with zero attached hydrogens (tertiary/aromatic N) is 4. The van der Waals surface area contributed by atoms with Crippen molar-refractivity contribution in [2.45, 2.75) is 6.92 Å². The van der Waals surface area contributed by atoms with Gasteiger partial charge in [-0.15, -0.1) is 0 Å². The van der Waals surface area contributed by atoms with Gasteiger partial charge in [0.2, 0.25) is 0 Å². The van der Waals surface area contributed by atoms with E-state index in [0.717, 1.165) is 37.6 Å². The molecule has 1 fully saturated rings. The minimum Gasteiger partial charge on any atom is -0.369 e. The molecule has 1 aromatic heterocycles. The largest absolute Gasteiger partial charge is 0.369 e. The highest BCUT2D eigenvalue weighted by molar-refractivity contribution is 6.04. The molecule has 0 unspecified atom stereocenters. The van der Waals surface area contributed by atoms with Gasteiger partial charge in [-0.2, -0.15) is 5.10 Å². The van der Waals surface area contributed by atoms with Crippen molar-refractivity contribution in [1.82, 2.24) is 14.7 Å². The van der Waals surface area contributed by atoms with Crippen LogP contribution in [0.25, 0.3) is 5.69 Å². The lowest BCUT2D eigenvalue weighted by molar-refractivity contribution is 0.102. The highest BCUT2D eigenvalue weighted by atomic mass is 16.1. The third-order valence-corrected chi connectivity index (χ3v) is 5.16. The van der Waals surface area contributed by atoms with Gasteiger partial charge < -0.3 is 15.1 Å². The van der Waals surface area contributed by atoms with Crippen molar-refractivity contribution in [3.8, 4) is 5.69 Å². The quantitative estimate of drug-likeness (QED) is 0.761. The number of piperazine rings is 1. The van der Waals surface area contributed by atoms with Crippen LogP contribution in [0.5, 0.6) is 0 Å². The smallest absolute Gasteiger partial charge is 0.258 e. The summed E-state index contributed by atoms with van der Waals surface area (Å²) in [6, 6.07) is 15.9. The lowest BCUT2D eigenvalue weighted by Crippen LogP contribution is -2.44. The summed E-state index contributed by atoms with van der Waals surface area (Å²) in [6.07, 6.45) is 3.34. The molecule has 28 heavy (non-hydrogen) atoms. The SMILES string of the molecule is Cc1cc(NC(=O)c2cnn(-c3ccccc3)c2)ccc1N1CCN(C)CC1. The number of hydrogen-bond donors (Lipinski definition) is 1. The molecule has 0 saturated carbocycles. The summed E-state index contributed by atoms with van der Waals surface area (Å²) in [5.74, 6) is -0.158. The Kier molecular flexibility index (Phi) is 5.12. The topological polar surface area (TPSA) is 53.4 Å². The zero-order chi connectivity index (χ0) is 19.5. The van der Waals surface area contributed by atoms with Crippen LogP contribution >= 0.6 is 0 Å². The summed E-state index contributed by atoms with van der Waals surface area (Å²) < 4.78 is 1.70. The van der Waals surface area contributed by atoms with Gasteiger partial charge in [-0.1, -0.05) is 18.2 Å². The molecule has 1 saturated heterocycles. The van der Waals surface area contributed by atoms with Crippen molar-refractivity contribution in [3.05, 3.63) is 72.1 Å². The minimum absolute atomic E-state index is 0.158. The highest BCUT2D eigenvalue weighted by Crippen LogP contribution is 2.25. The Bertz CT molecular complexity index is 958. The molecule has 2 aromatic carbocycles. The standard InChI is InChI=1S/C22H25N5O/c1-17-14-19(8-9-21(17)26-12-10-25(2)11-13-26)24-22(28)18-15-23-27(16-18)20-6-4-3-5-7-20/h3-9,14-16H,10-13H2,1-2H3,(H,24,28). The molecule has 4 rings (SSSR count). The molecule has 0 bridgehead atoms. The second-order valence-corrected chi connectivity index (χ2v) is 7.25. The van der Waals surface area contributed by atoms with Crippen molar-refractivity contribution < 1.29 is 4.79 Å². The number of rotatable bonds is 4. The van der Waals surface area contributed by atoms with Gasteiger partial charge in [0.15, 0.2) is 0 Å². The fourth-order valence-electron chi connectivity index (χ4n) is 3.50. The second kappa shape index (κ2) is 7.86. The van der Waals surface area contributed by atoms with Crippen molar-refractivity contribution >= 4 is 17.3 Å². The van der Waals surface area contributed by atoms with E-state index in [1.807, 2.05) is 42.5 Å². The number of hydrogen-bond acceptors (Lipinski definition) is 4. The van der Waals surface area contributed by atoms with Crippen LogP contribution in [-0.4, -0.2) is 53.8 Å². The number of nitrogens with one attached hydrogen (secondary N) is 1. The summed E-state index contributed by atoms with van der Waals surface area (Å²) >= 11 is 0. The third-order valence-electron chi connectivity index (χ3n) is 5.16. The number of likely N-dealkylation sites (N-methyl/N-ethyl adjacent to an activating group) is 1. The fourth-order valence-corrected chi connectivity index (χ4v) is 3.50. The van der Waals surface area contributed by atoms with Crippen LogP contribution < -0.4 is 10.2 Å². The summed E-state index contributed by atoms with van der Waals surface area (Å²) in [7, 11) is 2.16. The van der Waals surface area contributed by atoms with Crippen molar-refractivity contribution in [2.24, 2.45) is 0 Å². The lowest BCUT2D eigenvalue weighted by atomic mass is 10.1. The van der Waals surface area contributed by atoms with Crippen LogP contribution in [0.4, 0.5) is 11.4 Å². The van der Waals surface area contributed by atoms with Crippen LogP contribution in [0.3, 0.4) is 0 Å². The van der Waals surface area contributed by atoms with E-state index in [1.165, 1.54) is 11.3 Å². The summed E-state index contributed by atoms with van der Waals surface area (Å²) in [5, 5.41) is 7.28. The minimum atomic E-state index is -0.158. The van der Waals surface area contributed by atoms with Gasteiger partial charge in [0, 0.05) is 43.8 Å². The molecular formula is C22H25N5O. The van der Waals surface area contributed by atoms with Gasteiger partial charge in [0.05, 0.1) is 17.4 Å². The second-order valence-electron chi connectivity index (χ2n) is 7.25. The Hall–Kier alpha value is -3.12. The van der Waals surface area contributed by atoms with Crippen LogP contribution in [0.1, 0.15) is 15.9 Å². The molecule has 1 N–H and O–H groups in total. The highest BCUT2D eigenvalue weighted by Gasteiger charge is 2.16. The molecule has 2 heterocycles. The van der Waals surface area contributed by atoms with Gasteiger partial charge in [-0.25, -0.2) is 4.68 Å². The van der Waals surface area contributed by atoms with Crippen molar-refractivity contribution in [3.63, 3.8) is 0 Å². The maximum absolute atomic E-state index is 12.6. The molecule has 1 aliphatic rings. The molecule has 0 spiro atoms. The van der Waals surface area contributed by atoms with Gasteiger partial charge in [-0.3, -0.25) is 4.79 Å². The van der Waals surface area contributed by atoms with E-state index >= 15 is 0 Å². The number of amides is 1. The van der Waals surface area contributed by atoms with Crippen LogP contribution in [0.15, 0.2) is 60.9 Å². The number of carbonyl (C=O) groups excluding carboxylic acids is 1. The van der Waals surface area contributed by atoms with E-state index in [-0.39, 0.29) is 5.91 Å². The molecule has 6 nitrogen and oxygen atoms in total. The zero-order valence-corrected chi connectivity index (χ0v) is 16.3. The number of carbonyl (C=O) groups is 1. The van der Waals surface area contributed by atoms with E-state index < -0.39 is 0 Å². The summed E-state index contributed by atoms with van der Waals surface area (Å²) in [5.41, 5.74) is 4.66. The van der Waals surface area contributed by atoms with Gasteiger partial charge in [0.1, 0.15) is 0 Å². The van der Waals surface area contributed by atoms with E-state index in [2.05, 4.69) is 40.3 Å². The van der Waals surface area contributed by atoms with Gasteiger partial charge in [0.25, 0.3) is 5.91 Å². The molecule has 1 aliphatic heterocycles. The molecule has 1 amide bonds. The average molecular weight is 375 g/mol. The Morgan fingerprint density at radius 3 is 2.50 bits per heavy atom. The molecule has 6 heteroatoms. The van der Waals surface area contributed by atoms with E-state index in [9.17, 15) is 4.79 Å². The Labute approximate surface area is 165 Å². The molecule has 3 aromatic rings. The number of aryl methyl sites for hydroxylation is 1. The predicted octanol–water partition coefficient (Wildman–Crippen LogP) is 3.18. The first-order valence-corrected chi connectivity index (χ1v) is 9.56. The maximum Gasteiger partial charge on any atom is 0.258 e. The first kappa shape index (κ1) is 18.3. The van der Waals surface area contributed by atoms with Crippen LogP contribution in [0.2, 0.25) is 0 Å². The Morgan fingerprint density at radius 1 is 1.04 bits per heavy atom. The van der Waals surface area contributed by atoms with E-state index in [1.54, 1.807) is 17.1 Å². The maximum atomic E-state index is 12.6. The first-order chi connectivity index (χ1) is 13.6. The zero-order valence-electron chi connectivity index (χ0n) is 16.3. The Morgan fingerprint density at radius 2 is 1.79 bits per heavy atom. The number of benzene rings is 2. The van der Waals surface area contributed by atoms with Crippen LogP contribution in [-0.2, 0) is 0 Å². The summed E-state index contributed by atoms with van der Waals surface area (Å²) in [4.78, 5) is 17.4. The fraction of sp³-hybridized carbons (Fsp3) is 0.273. The monoisotopic (exact) mass is 375 g/mol. The van der Waals surface area contributed by atoms with Gasteiger partial charge >= 0.3 is 0 Å². The molecule has 0 atom stereocenters. The molecule has 0 radical (unpaired) electrons. The van der Waals surface area contributed by atoms with E-state index in [4.69, 9.17) is 0 Å². The van der Waals surface area contributed by atoms with Crippen molar-refractivity contribution in [1.29, 1.82) is 0 Å². The molecule has 144 valence electrons. The van der Waals surface area contributed by atoms with Crippen LogP contribution in [0, 0.1) is 6.92 Å². The number of aromatic nitrogens is 2. The lowest BCUT2D eigenvalue weighted by Gasteiger charge is -2.35. The van der Waals surface area contributed by atoms with E-state index in [0.29, 0.717) is 5.56 Å². The predicted molar refractivity (Wildman–Crippen MR) is 112 cm³/mol.